The van der Waals surface area contributed by atoms with Gasteiger partial charge in [-0.2, -0.15) is 5.10 Å². The predicted molar refractivity (Wildman–Crippen MR) is 86.4 cm³/mol. The fraction of sp³-hybridized carbons (Fsp3) is 0.429. The Morgan fingerprint density at radius 1 is 1.48 bits per heavy atom. The van der Waals surface area contributed by atoms with E-state index in [1.165, 1.54) is 4.90 Å². The number of benzene rings is 1. The molecule has 2 aromatic rings. The van der Waals surface area contributed by atoms with Crippen molar-refractivity contribution in [2.45, 2.75) is 18.4 Å². The number of carboxylic acid groups (broad SMARTS) is 1. The molecule has 1 fully saturated rings. The van der Waals surface area contributed by atoms with Gasteiger partial charge in [-0.15, -0.1) is 0 Å². The van der Waals surface area contributed by atoms with E-state index in [1.807, 2.05) is 23.9 Å². The summed E-state index contributed by atoms with van der Waals surface area (Å²) in [5.74, 6) is -0.0300. The summed E-state index contributed by atoms with van der Waals surface area (Å²) in [6, 6.07) is 6.08. The van der Waals surface area contributed by atoms with Crippen molar-refractivity contribution in [3.63, 3.8) is 0 Å². The van der Waals surface area contributed by atoms with E-state index in [-0.39, 0.29) is 12.5 Å². The smallest absolute Gasteiger partial charge is 0.407 e. The zero-order chi connectivity index (χ0) is 15.1. The van der Waals surface area contributed by atoms with Gasteiger partial charge >= 0.3 is 6.09 Å². The van der Waals surface area contributed by atoms with Crippen LogP contribution in [0.15, 0.2) is 18.2 Å². The molecule has 2 heterocycles. The van der Waals surface area contributed by atoms with Crippen molar-refractivity contribution in [1.82, 2.24) is 14.7 Å². The Kier molecular flexibility index (Phi) is 3.78. The highest BCUT2D eigenvalue weighted by atomic mass is 127. The van der Waals surface area contributed by atoms with Gasteiger partial charge in [-0.05, 0) is 46.7 Å². The van der Waals surface area contributed by atoms with Gasteiger partial charge in [-0.3, -0.25) is 4.68 Å². The molecule has 0 saturated carbocycles. The van der Waals surface area contributed by atoms with Gasteiger partial charge in [0.25, 0.3) is 0 Å². The molecular weight excluding hydrogens is 385 g/mol. The summed E-state index contributed by atoms with van der Waals surface area (Å²) in [4.78, 5) is 12.2. The number of piperidine rings is 1. The number of rotatable bonds is 1. The second-order valence-corrected chi connectivity index (χ2v) is 6.40. The van der Waals surface area contributed by atoms with Crippen LogP contribution in [0, 0.1) is 3.70 Å². The number of aryl methyl sites for hydroxylation is 1. The zero-order valence-corrected chi connectivity index (χ0v) is 13.7. The van der Waals surface area contributed by atoms with E-state index in [0.29, 0.717) is 13.0 Å². The van der Waals surface area contributed by atoms with E-state index in [1.54, 1.807) is 0 Å². The van der Waals surface area contributed by atoms with Gasteiger partial charge in [0.1, 0.15) is 3.70 Å². The number of aromatic nitrogens is 2. The third kappa shape index (κ3) is 2.59. The highest BCUT2D eigenvalue weighted by Crippen LogP contribution is 2.31. The molecule has 1 aliphatic heterocycles. The molecule has 3 rings (SSSR count). The lowest BCUT2D eigenvalue weighted by molar-refractivity contribution is 0.0504. The molecule has 0 aliphatic carbocycles. The first-order chi connectivity index (χ1) is 9.97. The van der Waals surface area contributed by atoms with Gasteiger partial charge in [0.15, 0.2) is 0 Å². The van der Waals surface area contributed by atoms with Crippen molar-refractivity contribution in [3.8, 4) is 0 Å². The van der Waals surface area contributed by atoms with Gasteiger partial charge in [0.05, 0.1) is 18.2 Å². The molecule has 21 heavy (non-hydrogen) atoms. The maximum atomic E-state index is 11.0. The number of aliphatic hydroxyl groups excluding tert-OH is 1. The summed E-state index contributed by atoms with van der Waals surface area (Å²) in [5.41, 5.74) is 2.07. The minimum Gasteiger partial charge on any atom is -0.465 e. The number of nitrogens with zero attached hydrogens (tertiary/aromatic N) is 3. The van der Waals surface area contributed by atoms with Gasteiger partial charge in [0, 0.05) is 24.9 Å². The van der Waals surface area contributed by atoms with E-state index in [4.69, 9.17) is 5.11 Å². The Labute approximate surface area is 135 Å². The van der Waals surface area contributed by atoms with Gasteiger partial charge < -0.3 is 15.1 Å². The van der Waals surface area contributed by atoms with E-state index in [9.17, 15) is 9.90 Å². The molecule has 0 spiro atoms. The van der Waals surface area contributed by atoms with Crippen LogP contribution in [0.2, 0.25) is 0 Å². The number of amides is 1. The summed E-state index contributed by atoms with van der Waals surface area (Å²) in [5, 5.41) is 24.7. The van der Waals surface area contributed by atoms with Crippen molar-refractivity contribution in [1.29, 1.82) is 0 Å². The Morgan fingerprint density at radius 2 is 2.24 bits per heavy atom. The Hall–Kier alpha value is -1.35. The van der Waals surface area contributed by atoms with E-state index in [2.05, 4.69) is 33.8 Å². The first-order valence-electron chi connectivity index (χ1n) is 6.75. The standard InChI is InChI=1S/C14H16IN3O3/c1-17-11-6-8(2-3-10(11)13(15)16-17)9-4-5-18(14(20)21)7-12(9)19/h2-3,6,9,12,19H,4-5,7H2,1H3,(H,20,21). The topological polar surface area (TPSA) is 78.6 Å². The van der Waals surface area contributed by atoms with E-state index < -0.39 is 12.2 Å². The van der Waals surface area contributed by atoms with Crippen molar-refractivity contribution in [2.24, 2.45) is 7.05 Å². The van der Waals surface area contributed by atoms with Crippen molar-refractivity contribution in [2.75, 3.05) is 13.1 Å². The minimum atomic E-state index is -0.968. The summed E-state index contributed by atoms with van der Waals surface area (Å²) in [7, 11) is 1.90. The summed E-state index contributed by atoms with van der Waals surface area (Å²) >= 11 is 2.21. The van der Waals surface area contributed by atoms with Crippen LogP contribution >= 0.6 is 22.6 Å². The third-order valence-corrected chi connectivity index (χ3v) is 4.91. The predicted octanol–water partition coefficient (Wildman–Crippen LogP) is 2.01. The molecule has 1 aromatic heterocycles. The highest BCUT2D eigenvalue weighted by Gasteiger charge is 2.31. The van der Waals surface area contributed by atoms with Crippen LogP contribution in [0.1, 0.15) is 17.9 Å². The van der Waals surface area contributed by atoms with Crippen molar-refractivity contribution < 1.29 is 15.0 Å². The van der Waals surface area contributed by atoms with Crippen LogP contribution in [0.3, 0.4) is 0 Å². The number of halogens is 1. The average Bonchev–Trinajstić information content (AvgIpc) is 2.73. The number of hydrogen-bond acceptors (Lipinski definition) is 3. The molecular formula is C14H16IN3O3. The first kappa shape index (κ1) is 14.6. The van der Waals surface area contributed by atoms with Gasteiger partial charge in [-0.1, -0.05) is 6.07 Å². The Bertz CT molecular complexity index is 700. The molecule has 1 saturated heterocycles. The third-order valence-electron chi connectivity index (χ3n) is 4.11. The largest absolute Gasteiger partial charge is 0.465 e. The lowest BCUT2D eigenvalue weighted by Gasteiger charge is -2.34. The highest BCUT2D eigenvalue weighted by molar-refractivity contribution is 14.1. The van der Waals surface area contributed by atoms with Crippen LogP contribution in [-0.2, 0) is 7.05 Å². The maximum Gasteiger partial charge on any atom is 0.407 e. The van der Waals surface area contributed by atoms with Crippen LogP contribution in [-0.4, -0.2) is 50.2 Å². The van der Waals surface area contributed by atoms with Crippen molar-refractivity contribution >= 4 is 39.6 Å². The number of hydrogen-bond donors (Lipinski definition) is 2. The SMILES string of the molecule is Cn1nc(I)c2ccc(C3CCN(C(=O)O)CC3O)cc21. The molecule has 0 bridgehead atoms. The molecule has 6 nitrogen and oxygen atoms in total. The van der Waals surface area contributed by atoms with E-state index >= 15 is 0 Å². The molecule has 112 valence electrons. The van der Waals surface area contributed by atoms with E-state index in [0.717, 1.165) is 20.2 Å². The number of carbonyl (C=O) groups is 1. The minimum absolute atomic E-state index is 0.0300. The lowest BCUT2D eigenvalue weighted by Crippen LogP contribution is -2.45. The molecule has 0 radical (unpaired) electrons. The molecule has 2 atom stereocenters. The Morgan fingerprint density at radius 3 is 2.90 bits per heavy atom. The quantitative estimate of drug-likeness (QED) is 0.717. The second-order valence-electron chi connectivity index (χ2n) is 5.38. The number of aliphatic hydroxyl groups is 1. The fourth-order valence-electron chi connectivity index (χ4n) is 2.96. The average molecular weight is 401 g/mol. The van der Waals surface area contributed by atoms with Crippen LogP contribution < -0.4 is 0 Å². The molecule has 1 amide bonds. The number of fused-ring (bicyclic) bond motifs is 1. The lowest BCUT2D eigenvalue weighted by atomic mass is 9.87. The first-order valence-corrected chi connectivity index (χ1v) is 7.83. The number of likely N-dealkylation sites (tertiary alicyclic amines) is 1. The van der Waals surface area contributed by atoms with Crippen LogP contribution in [0.4, 0.5) is 4.79 Å². The van der Waals surface area contributed by atoms with Crippen LogP contribution in [0.25, 0.3) is 10.9 Å². The normalized spacial score (nSPS) is 22.7. The molecule has 1 aromatic carbocycles. The maximum absolute atomic E-state index is 11.0. The summed E-state index contributed by atoms with van der Waals surface area (Å²) in [6.45, 7) is 0.624. The van der Waals surface area contributed by atoms with Gasteiger partial charge in [-0.25, -0.2) is 4.79 Å². The second kappa shape index (κ2) is 5.45. The number of β-amino-alcohol motifs (C(OH)–C–C–N with tert-alkyl or cyclic N) is 1. The molecule has 2 unspecified atom stereocenters. The molecule has 1 aliphatic rings. The fourth-order valence-corrected chi connectivity index (χ4v) is 3.73. The summed E-state index contributed by atoms with van der Waals surface area (Å²) < 4.78 is 2.79. The summed E-state index contributed by atoms with van der Waals surface area (Å²) in [6.07, 6.45) is -1.00. The monoisotopic (exact) mass is 401 g/mol. The Balaban J connectivity index is 1.90. The van der Waals surface area contributed by atoms with Crippen LogP contribution in [0.5, 0.6) is 0 Å². The van der Waals surface area contributed by atoms with Crippen molar-refractivity contribution in [3.05, 3.63) is 27.5 Å². The molecule has 7 heteroatoms. The van der Waals surface area contributed by atoms with Gasteiger partial charge in [0.2, 0.25) is 0 Å². The molecule has 2 N–H and O–H groups in total. The zero-order valence-electron chi connectivity index (χ0n) is 11.5.